The number of carbonyl (C=O) groups excluding carboxylic acids is 1. The minimum Gasteiger partial charge on any atom is -0.345 e. The van der Waals surface area contributed by atoms with Crippen molar-refractivity contribution in [2.24, 2.45) is 5.92 Å². The molecule has 0 spiro atoms. The third-order valence-electron chi connectivity index (χ3n) is 3.90. The summed E-state index contributed by atoms with van der Waals surface area (Å²) in [5.41, 5.74) is 0.312. The van der Waals surface area contributed by atoms with Crippen molar-refractivity contribution in [2.75, 3.05) is 5.88 Å². The Hall–Kier alpha value is -0.250. The highest BCUT2D eigenvalue weighted by Gasteiger charge is 2.36. The lowest BCUT2D eigenvalue weighted by Gasteiger charge is -2.39. The predicted octanol–water partition coefficient (Wildman–Crippen LogP) is 5.02. The molecule has 0 saturated heterocycles. The fraction of sp³-hybridized carbons (Fsp3) is 0.533. The van der Waals surface area contributed by atoms with Crippen LogP contribution in [0.4, 0.5) is 0 Å². The van der Waals surface area contributed by atoms with E-state index >= 15 is 0 Å². The molecule has 1 saturated carbocycles. The maximum atomic E-state index is 12.5. The Kier molecular flexibility index (Phi) is 5.38. The number of nitrogens with one attached hydrogen (secondary N) is 1. The molecular weight excluding hydrogens is 361 g/mol. The highest BCUT2D eigenvalue weighted by molar-refractivity contribution is 9.10. The quantitative estimate of drug-likeness (QED) is 0.735. The van der Waals surface area contributed by atoms with Gasteiger partial charge >= 0.3 is 0 Å². The summed E-state index contributed by atoms with van der Waals surface area (Å²) >= 11 is 15.4. The molecule has 1 aromatic carbocycles. The first kappa shape index (κ1) is 16.1. The zero-order valence-corrected chi connectivity index (χ0v) is 14.5. The summed E-state index contributed by atoms with van der Waals surface area (Å²) < 4.78 is 0.705. The van der Waals surface area contributed by atoms with E-state index in [1.807, 2.05) is 0 Å². The van der Waals surface area contributed by atoms with E-state index < -0.39 is 0 Å². The first-order chi connectivity index (χ1) is 9.46. The van der Waals surface area contributed by atoms with Crippen LogP contribution < -0.4 is 5.32 Å². The van der Waals surface area contributed by atoms with Crippen molar-refractivity contribution in [1.82, 2.24) is 5.32 Å². The fourth-order valence-corrected chi connectivity index (χ4v) is 4.08. The molecule has 1 amide bonds. The summed E-state index contributed by atoms with van der Waals surface area (Å²) in [6, 6.07) is 5.18. The molecule has 2 unspecified atom stereocenters. The van der Waals surface area contributed by atoms with Gasteiger partial charge in [0.25, 0.3) is 5.91 Å². The Morgan fingerprint density at radius 2 is 2.30 bits per heavy atom. The molecule has 1 N–H and O–H groups in total. The monoisotopic (exact) mass is 377 g/mol. The van der Waals surface area contributed by atoms with Gasteiger partial charge in [0.05, 0.1) is 11.1 Å². The summed E-state index contributed by atoms with van der Waals surface area (Å²) in [5.74, 6) is 0.952. The van der Waals surface area contributed by atoms with Gasteiger partial charge < -0.3 is 5.32 Å². The SMILES string of the molecule is CC1CCCC(CCl)(NC(=O)c2ccc(Cl)cc2Br)C1. The number of alkyl halides is 1. The number of hydrogen-bond acceptors (Lipinski definition) is 1. The second-order valence-electron chi connectivity index (χ2n) is 5.69. The molecule has 0 bridgehead atoms. The molecular formula is C15H18BrCl2NO. The van der Waals surface area contributed by atoms with E-state index in [0.29, 0.717) is 26.9 Å². The standard InChI is InChI=1S/C15H18BrCl2NO/c1-10-3-2-6-15(8-10,9-17)19-14(20)12-5-4-11(18)7-13(12)16/h4-5,7,10H,2-3,6,8-9H2,1H3,(H,19,20). The molecule has 5 heteroatoms. The van der Waals surface area contributed by atoms with Crippen LogP contribution in [0.25, 0.3) is 0 Å². The van der Waals surface area contributed by atoms with Crippen LogP contribution in [0, 0.1) is 5.92 Å². The molecule has 1 fully saturated rings. The van der Waals surface area contributed by atoms with Gasteiger partial charge in [-0.25, -0.2) is 0 Å². The van der Waals surface area contributed by atoms with Crippen molar-refractivity contribution >= 4 is 45.0 Å². The first-order valence-electron chi connectivity index (χ1n) is 6.79. The summed E-state index contributed by atoms with van der Waals surface area (Å²) in [7, 11) is 0. The molecule has 2 nitrogen and oxygen atoms in total. The van der Waals surface area contributed by atoms with Gasteiger partial charge in [-0.3, -0.25) is 4.79 Å². The lowest BCUT2D eigenvalue weighted by molar-refractivity contribution is 0.0866. The van der Waals surface area contributed by atoms with Crippen LogP contribution in [0.15, 0.2) is 22.7 Å². The van der Waals surface area contributed by atoms with Gasteiger partial charge in [0.1, 0.15) is 0 Å². The Bertz CT molecular complexity index is 509. The van der Waals surface area contributed by atoms with Gasteiger partial charge in [0.2, 0.25) is 0 Å². The van der Waals surface area contributed by atoms with E-state index in [4.69, 9.17) is 23.2 Å². The van der Waals surface area contributed by atoms with Crippen LogP contribution in [-0.2, 0) is 0 Å². The highest BCUT2D eigenvalue weighted by atomic mass is 79.9. The first-order valence-corrected chi connectivity index (χ1v) is 8.50. The molecule has 0 radical (unpaired) electrons. The Morgan fingerprint density at radius 1 is 1.55 bits per heavy atom. The molecule has 1 aliphatic rings. The van der Waals surface area contributed by atoms with Gasteiger partial charge in [-0.15, -0.1) is 11.6 Å². The largest absolute Gasteiger partial charge is 0.345 e. The van der Waals surface area contributed by atoms with Gasteiger partial charge in [0.15, 0.2) is 0 Å². The average molecular weight is 379 g/mol. The van der Waals surface area contributed by atoms with Crippen molar-refractivity contribution < 1.29 is 4.79 Å². The van der Waals surface area contributed by atoms with Crippen LogP contribution in [0.5, 0.6) is 0 Å². The lowest BCUT2D eigenvalue weighted by atomic mass is 9.77. The molecule has 20 heavy (non-hydrogen) atoms. The molecule has 0 heterocycles. The number of halogens is 3. The lowest BCUT2D eigenvalue weighted by Crippen LogP contribution is -2.52. The number of benzene rings is 1. The van der Waals surface area contributed by atoms with E-state index in [0.717, 1.165) is 19.3 Å². The van der Waals surface area contributed by atoms with Crippen molar-refractivity contribution in [3.63, 3.8) is 0 Å². The van der Waals surface area contributed by atoms with Gasteiger partial charge in [0, 0.05) is 15.4 Å². The molecule has 2 atom stereocenters. The minimum atomic E-state index is -0.282. The van der Waals surface area contributed by atoms with Crippen LogP contribution in [-0.4, -0.2) is 17.3 Å². The summed E-state index contributed by atoms with van der Waals surface area (Å²) in [6.45, 7) is 2.21. The molecule has 2 rings (SSSR count). The maximum absolute atomic E-state index is 12.5. The summed E-state index contributed by atoms with van der Waals surface area (Å²) in [6.07, 6.45) is 4.19. The third kappa shape index (κ3) is 3.69. The number of rotatable bonds is 3. The Labute approximate surface area is 138 Å². The van der Waals surface area contributed by atoms with E-state index in [9.17, 15) is 4.79 Å². The van der Waals surface area contributed by atoms with Crippen LogP contribution >= 0.6 is 39.1 Å². The van der Waals surface area contributed by atoms with Crippen molar-refractivity contribution in [1.29, 1.82) is 0 Å². The topological polar surface area (TPSA) is 29.1 Å². The Morgan fingerprint density at radius 3 is 2.90 bits per heavy atom. The second kappa shape index (κ2) is 6.67. The predicted molar refractivity (Wildman–Crippen MR) is 87.7 cm³/mol. The molecule has 1 aromatic rings. The van der Waals surface area contributed by atoms with Gasteiger partial charge in [-0.05, 0) is 52.9 Å². The van der Waals surface area contributed by atoms with E-state index in [2.05, 4.69) is 28.2 Å². The molecule has 1 aliphatic carbocycles. The van der Waals surface area contributed by atoms with Crippen molar-refractivity contribution in [3.05, 3.63) is 33.3 Å². The number of hydrogen-bond donors (Lipinski definition) is 1. The maximum Gasteiger partial charge on any atom is 0.252 e. The van der Waals surface area contributed by atoms with Crippen molar-refractivity contribution in [2.45, 2.75) is 38.1 Å². The Balaban J connectivity index is 2.16. The molecule has 0 aromatic heterocycles. The average Bonchev–Trinajstić information content (AvgIpc) is 2.38. The van der Waals surface area contributed by atoms with Crippen LogP contribution in [0.2, 0.25) is 5.02 Å². The molecule has 110 valence electrons. The fourth-order valence-electron chi connectivity index (χ4n) is 2.91. The second-order valence-corrected chi connectivity index (χ2v) is 7.25. The summed E-state index contributed by atoms with van der Waals surface area (Å²) in [5, 5.41) is 3.75. The molecule has 0 aliphatic heterocycles. The van der Waals surface area contributed by atoms with Gasteiger partial charge in [-0.2, -0.15) is 0 Å². The summed E-state index contributed by atoms with van der Waals surface area (Å²) in [4.78, 5) is 12.5. The smallest absolute Gasteiger partial charge is 0.252 e. The highest BCUT2D eigenvalue weighted by Crippen LogP contribution is 2.34. The third-order valence-corrected chi connectivity index (χ3v) is 5.30. The van der Waals surface area contributed by atoms with E-state index in [1.165, 1.54) is 6.42 Å². The zero-order valence-electron chi connectivity index (χ0n) is 11.4. The normalized spacial score (nSPS) is 26.3. The number of carbonyl (C=O) groups is 1. The van der Waals surface area contributed by atoms with E-state index in [-0.39, 0.29) is 11.4 Å². The van der Waals surface area contributed by atoms with Gasteiger partial charge in [-0.1, -0.05) is 31.4 Å². The van der Waals surface area contributed by atoms with Crippen molar-refractivity contribution in [3.8, 4) is 0 Å². The van der Waals surface area contributed by atoms with Crippen LogP contribution in [0.1, 0.15) is 43.0 Å². The number of amides is 1. The van der Waals surface area contributed by atoms with Crippen LogP contribution in [0.3, 0.4) is 0 Å². The zero-order chi connectivity index (χ0) is 14.8. The minimum absolute atomic E-state index is 0.0942. The van der Waals surface area contributed by atoms with E-state index in [1.54, 1.807) is 18.2 Å².